The maximum Gasteiger partial charge on any atom is 0.169 e. The number of ketones is 1. The van der Waals surface area contributed by atoms with Crippen molar-refractivity contribution in [3.63, 3.8) is 0 Å². The zero-order valence-corrected chi connectivity index (χ0v) is 16.8. The molecule has 0 amide bonds. The first-order valence-electron chi connectivity index (χ1n) is 9.96. The van der Waals surface area contributed by atoms with Crippen molar-refractivity contribution in [1.82, 2.24) is 4.90 Å². The van der Waals surface area contributed by atoms with Crippen molar-refractivity contribution in [2.45, 2.75) is 32.4 Å². The Bertz CT molecular complexity index is 939. The third-order valence-corrected chi connectivity index (χ3v) is 5.73. The van der Waals surface area contributed by atoms with E-state index < -0.39 is 0 Å². The van der Waals surface area contributed by atoms with Crippen LogP contribution in [0.2, 0.25) is 0 Å². The summed E-state index contributed by atoms with van der Waals surface area (Å²) in [6, 6.07) is 28.9. The van der Waals surface area contributed by atoms with Crippen molar-refractivity contribution in [3.05, 3.63) is 96.1 Å². The number of carbonyl (C=O) groups excluding carboxylic acids is 1. The summed E-state index contributed by atoms with van der Waals surface area (Å²) >= 11 is 0. The molecule has 1 fully saturated rings. The van der Waals surface area contributed by atoms with Gasteiger partial charge < -0.3 is 0 Å². The summed E-state index contributed by atoms with van der Waals surface area (Å²) in [5.74, 6) is 0.248. The van der Waals surface area contributed by atoms with Crippen LogP contribution in [0.4, 0.5) is 0 Å². The van der Waals surface area contributed by atoms with Crippen molar-refractivity contribution in [3.8, 4) is 11.1 Å². The van der Waals surface area contributed by atoms with E-state index in [-0.39, 0.29) is 23.3 Å². The summed E-state index contributed by atoms with van der Waals surface area (Å²) < 4.78 is 0. The Morgan fingerprint density at radius 2 is 1.32 bits per heavy atom. The molecule has 0 aliphatic carbocycles. The van der Waals surface area contributed by atoms with Crippen LogP contribution >= 0.6 is 0 Å². The molecule has 1 aliphatic heterocycles. The molecule has 1 aliphatic rings. The average Bonchev–Trinajstić information content (AvgIpc) is 2.68. The van der Waals surface area contributed by atoms with E-state index in [2.05, 4.69) is 74.2 Å². The van der Waals surface area contributed by atoms with Crippen LogP contribution in [0.3, 0.4) is 0 Å². The van der Waals surface area contributed by atoms with E-state index in [9.17, 15) is 4.79 Å². The van der Waals surface area contributed by atoms with Crippen LogP contribution in [0, 0.1) is 5.92 Å². The van der Waals surface area contributed by atoms with Gasteiger partial charge in [0.2, 0.25) is 0 Å². The van der Waals surface area contributed by atoms with Gasteiger partial charge in [-0.15, -0.1) is 0 Å². The monoisotopic (exact) mass is 369 g/mol. The molecule has 1 saturated heterocycles. The first-order valence-corrected chi connectivity index (χ1v) is 9.96. The molecule has 0 unspecified atom stereocenters. The molecule has 4 rings (SSSR count). The van der Waals surface area contributed by atoms with Crippen molar-refractivity contribution in [2.24, 2.45) is 5.92 Å². The summed E-state index contributed by atoms with van der Waals surface area (Å²) in [6.45, 7) is 7.47. The molecule has 142 valence electrons. The van der Waals surface area contributed by atoms with Crippen molar-refractivity contribution in [2.75, 3.05) is 6.54 Å². The van der Waals surface area contributed by atoms with Crippen molar-refractivity contribution in [1.29, 1.82) is 0 Å². The third-order valence-electron chi connectivity index (χ3n) is 5.73. The van der Waals surface area contributed by atoms with Gasteiger partial charge in [-0.05, 0) is 37.5 Å². The highest BCUT2D eigenvalue weighted by molar-refractivity contribution is 5.99. The zero-order valence-electron chi connectivity index (χ0n) is 16.8. The van der Waals surface area contributed by atoms with E-state index in [0.717, 1.165) is 17.7 Å². The SMILES string of the molecule is CC(C)(C)N1C[C@H](C(=O)c2ccc(-c3ccccc3)cc2)[C@@H]1c1ccccc1. The molecule has 0 bridgehead atoms. The first kappa shape index (κ1) is 18.6. The highest BCUT2D eigenvalue weighted by Crippen LogP contribution is 2.44. The Morgan fingerprint density at radius 3 is 1.89 bits per heavy atom. The smallest absolute Gasteiger partial charge is 0.169 e. The van der Waals surface area contributed by atoms with Gasteiger partial charge in [-0.3, -0.25) is 9.69 Å². The summed E-state index contributed by atoms with van der Waals surface area (Å²) in [5, 5.41) is 0. The second-order valence-electron chi connectivity index (χ2n) is 8.59. The van der Waals surface area contributed by atoms with Crippen LogP contribution in [0.5, 0.6) is 0 Å². The Hall–Kier alpha value is -2.71. The molecule has 0 N–H and O–H groups in total. The number of rotatable bonds is 4. The highest BCUT2D eigenvalue weighted by Gasteiger charge is 2.48. The molecule has 0 radical (unpaired) electrons. The second kappa shape index (κ2) is 7.37. The van der Waals surface area contributed by atoms with Gasteiger partial charge in [0, 0.05) is 23.7 Å². The minimum atomic E-state index is 0.00389. The maximum atomic E-state index is 13.3. The van der Waals surface area contributed by atoms with Gasteiger partial charge in [0.1, 0.15) is 0 Å². The molecule has 2 heteroatoms. The second-order valence-corrected chi connectivity index (χ2v) is 8.59. The molecule has 3 aromatic rings. The number of Topliss-reactive ketones (excluding diaryl/α,β-unsaturated/α-hetero) is 1. The first-order chi connectivity index (χ1) is 13.4. The summed E-state index contributed by atoms with van der Waals surface area (Å²) in [6.07, 6.45) is 0. The van der Waals surface area contributed by atoms with E-state index in [1.54, 1.807) is 0 Å². The largest absolute Gasteiger partial charge is 0.294 e. The molecule has 2 nitrogen and oxygen atoms in total. The number of nitrogens with zero attached hydrogens (tertiary/aromatic N) is 1. The molecule has 28 heavy (non-hydrogen) atoms. The van der Waals surface area contributed by atoms with Crippen LogP contribution in [-0.2, 0) is 0 Å². The highest BCUT2D eigenvalue weighted by atomic mass is 16.1. The Labute approximate surface area is 167 Å². The quantitative estimate of drug-likeness (QED) is 0.525. The van der Waals surface area contributed by atoms with Gasteiger partial charge >= 0.3 is 0 Å². The Morgan fingerprint density at radius 1 is 0.786 bits per heavy atom. The molecule has 3 aromatic carbocycles. The molecular formula is C26H27NO. The fourth-order valence-corrected chi connectivity index (χ4v) is 4.16. The Kier molecular flexibility index (Phi) is 4.91. The predicted octanol–water partition coefficient (Wildman–Crippen LogP) is 6.01. The van der Waals surface area contributed by atoms with E-state index >= 15 is 0 Å². The van der Waals surface area contributed by atoms with Gasteiger partial charge in [-0.25, -0.2) is 0 Å². The van der Waals surface area contributed by atoms with Crippen molar-refractivity contribution < 1.29 is 4.79 Å². The number of carbonyl (C=O) groups is 1. The standard InChI is InChI=1S/C26H27NO/c1-26(2,3)27-18-23(24(27)21-12-8-5-9-13-21)25(28)22-16-14-20(15-17-22)19-10-6-4-7-11-19/h4-17,23-24H,18H2,1-3H3/t23-,24-/m0/s1. The van der Waals surface area contributed by atoms with Crippen LogP contribution in [0.15, 0.2) is 84.9 Å². The molecule has 0 aromatic heterocycles. The normalized spacial score (nSPS) is 19.8. The van der Waals surface area contributed by atoms with Crippen LogP contribution in [0.25, 0.3) is 11.1 Å². The van der Waals surface area contributed by atoms with Crippen molar-refractivity contribution >= 4 is 5.78 Å². The lowest BCUT2D eigenvalue weighted by Crippen LogP contribution is -2.60. The maximum absolute atomic E-state index is 13.3. The lowest BCUT2D eigenvalue weighted by Gasteiger charge is -2.54. The summed E-state index contributed by atoms with van der Waals surface area (Å²) in [7, 11) is 0. The molecule has 0 saturated carbocycles. The average molecular weight is 370 g/mol. The number of hydrogen-bond donors (Lipinski definition) is 0. The lowest BCUT2D eigenvalue weighted by atomic mass is 9.75. The van der Waals surface area contributed by atoms with Gasteiger partial charge in [0.05, 0.1) is 5.92 Å². The van der Waals surface area contributed by atoms with Crippen LogP contribution in [-0.4, -0.2) is 22.8 Å². The predicted molar refractivity (Wildman–Crippen MR) is 115 cm³/mol. The van der Waals surface area contributed by atoms with E-state index in [1.807, 2.05) is 36.4 Å². The van der Waals surface area contributed by atoms with Gasteiger partial charge in [-0.1, -0.05) is 84.9 Å². The lowest BCUT2D eigenvalue weighted by molar-refractivity contribution is -0.0434. The minimum absolute atomic E-state index is 0.00389. The van der Waals surface area contributed by atoms with Crippen LogP contribution in [0.1, 0.15) is 42.7 Å². The van der Waals surface area contributed by atoms with E-state index in [4.69, 9.17) is 0 Å². The zero-order chi connectivity index (χ0) is 19.7. The summed E-state index contributed by atoms with van der Waals surface area (Å²) in [5.41, 5.74) is 4.38. The fourth-order valence-electron chi connectivity index (χ4n) is 4.16. The Balaban J connectivity index is 1.59. The van der Waals surface area contributed by atoms with E-state index in [0.29, 0.717) is 0 Å². The fraction of sp³-hybridized carbons (Fsp3) is 0.269. The molecule has 2 atom stereocenters. The third kappa shape index (κ3) is 3.53. The van der Waals surface area contributed by atoms with Gasteiger partial charge in [0.15, 0.2) is 5.78 Å². The topological polar surface area (TPSA) is 20.3 Å². The van der Waals surface area contributed by atoms with E-state index in [1.165, 1.54) is 11.1 Å². The molecule has 1 heterocycles. The molecular weight excluding hydrogens is 342 g/mol. The minimum Gasteiger partial charge on any atom is -0.294 e. The number of hydrogen-bond acceptors (Lipinski definition) is 2. The summed E-state index contributed by atoms with van der Waals surface area (Å²) in [4.78, 5) is 15.7. The number of benzene rings is 3. The number of likely N-dealkylation sites (tertiary alicyclic amines) is 1. The van der Waals surface area contributed by atoms with Crippen LogP contribution < -0.4 is 0 Å². The molecule has 0 spiro atoms. The van der Waals surface area contributed by atoms with Gasteiger partial charge in [0.25, 0.3) is 0 Å². The van der Waals surface area contributed by atoms with Gasteiger partial charge in [-0.2, -0.15) is 0 Å².